The first-order valence-corrected chi connectivity index (χ1v) is 6.00. The predicted octanol–water partition coefficient (Wildman–Crippen LogP) is 3.01. The third kappa shape index (κ3) is 2.83. The summed E-state index contributed by atoms with van der Waals surface area (Å²) in [6.07, 6.45) is 1.05. The normalized spacial score (nSPS) is 10.1. The van der Waals surface area contributed by atoms with Crippen LogP contribution in [0, 0.1) is 10.1 Å². The van der Waals surface area contributed by atoms with Crippen molar-refractivity contribution < 1.29 is 14.5 Å². The maximum absolute atomic E-state index is 10.9. The van der Waals surface area contributed by atoms with E-state index in [1.165, 1.54) is 12.1 Å². The van der Waals surface area contributed by atoms with Crippen LogP contribution >= 0.6 is 0 Å². The molecule has 0 saturated heterocycles. The Morgan fingerprint density at radius 2 is 2.00 bits per heavy atom. The van der Waals surface area contributed by atoms with Crippen LogP contribution in [0.1, 0.15) is 21.5 Å². The Bertz CT molecular complexity index is 652. The van der Waals surface area contributed by atoms with Gasteiger partial charge in [-0.2, -0.15) is 0 Å². The van der Waals surface area contributed by atoms with Crippen LogP contribution in [0.5, 0.6) is 5.75 Å². The molecule has 0 saturated carbocycles. The molecule has 0 aromatic heterocycles. The Kier molecular flexibility index (Phi) is 4.10. The summed E-state index contributed by atoms with van der Waals surface area (Å²) in [6, 6.07) is 12.1. The molecular weight excluding hydrogens is 258 g/mol. The van der Waals surface area contributed by atoms with Gasteiger partial charge in [0.25, 0.3) is 5.69 Å². The molecule has 2 aromatic carbocycles. The van der Waals surface area contributed by atoms with Crippen molar-refractivity contribution in [1.29, 1.82) is 0 Å². The molecule has 0 bridgehead atoms. The number of aldehydes is 1. The summed E-state index contributed by atoms with van der Waals surface area (Å²) in [5, 5.41) is 10.8. The van der Waals surface area contributed by atoms with Gasteiger partial charge >= 0.3 is 0 Å². The lowest BCUT2D eigenvalue weighted by atomic mass is 10.0. The third-order valence-corrected chi connectivity index (χ3v) is 3.00. The zero-order valence-corrected chi connectivity index (χ0v) is 10.9. The number of carbonyl (C=O) groups is 1. The fraction of sp³-hybridized carbons (Fsp3) is 0.133. The van der Waals surface area contributed by atoms with Crippen molar-refractivity contribution in [2.45, 2.75) is 6.42 Å². The average Bonchev–Trinajstić information content (AvgIpc) is 2.47. The zero-order chi connectivity index (χ0) is 14.5. The van der Waals surface area contributed by atoms with Crippen molar-refractivity contribution in [3.63, 3.8) is 0 Å². The van der Waals surface area contributed by atoms with E-state index < -0.39 is 4.92 Å². The largest absolute Gasteiger partial charge is 0.496 e. The summed E-state index contributed by atoms with van der Waals surface area (Å²) < 4.78 is 5.26. The van der Waals surface area contributed by atoms with E-state index in [0.29, 0.717) is 12.7 Å². The van der Waals surface area contributed by atoms with Crippen molar-refractivity contribution in [1.82, 2.24) is 0 Å². The van der Waals surface area contributed by atoms with Crippen LogP contribution in [-0.2, 0) is 6.42 Å². The maximum atomic E-state index is 10.9. The SMILES string of the molecule is COc1ccccc1Cc1ccc([N+](=O)[O-])c(C=O)c1. The lowest BCUT2D eigenvalue weighted by molar-refractivity contribution is -0.385. The topological polar surface area (TPSA) is 69.4 Å². The summed E-state index contributed by atoms with van der Waals surface area (Å²) in [5.41, 5.74) is 1.69. The molecule has 0 heterocycles. The summed E-state index contributed by atoms with van der Waals surface area (Å²) in [5.74, 6) is 0.749. The van der Waals surface area contributed by atoms with Crippen LogP contribution in [0.25, 0.3) is 0 Å². The van der Waals surface area contributed by atoms with Crippen LogP contribution in [0.15, 0.2) is 42.5 Å². The lowest BCUT2D eigenvalue weighted by Gasteiger charge is -2.08. The van der Waals surface area contributed by atoms with Gasteiger partial charge in [0.2, 0.25) is 0 Å². The molecule has 0 fully saturated rings. The molecule has 0 aliphatic carbocycles. The van der Waals surface area contributed by atoms with Gasteiger partial charge in [0.1, 0.15) is 5.75 Å². The average molecular weight is 271 g/mol. The molecule has 0 spiro atoms. The fourth-order valence-corrected chi connectivity index (χ4v) is 2.04. The second kappa shape index (κ2) is 5.97. The highest BCUT2D eigenvalue weighted by atomic mass is 16.6. The molecular formula is C15H13NO4. The Morgan fingerprint density at radius 1 is 1.25 bits per heavy atom. The molecule has 5 nitrogen and oxygen atoms in total. The monoisotopic (exact) mass is 271 g/mol. The van der Waals surface area contributed by atoms with Crippen molar-refractivity contribution >= 4 is 12.0 Å². The van der Waals surface area contributed by atoms with Crippen molar-refractivity contribution in [3.05, 3.63) is 69.3 Å². The number of nitro groups is 1. The predicted molar refractivity (Wildman–Crippen MR) is 74.3 cm³/mol. The minimum atomic E-state index is -0.559. The number of carbonyl (C=O) groups excluding carboxylic acids is 1. The first kappa shape index (κ1) is 13.7. The van der Waals surface area contributed by atoms with Crippen LogP contribution in [0.3, 0.4) is 0 Å². The molecule has 0 unspecified atom stereocenters. The molecule has 5 heteroatoms. The minimum Gasteiger partial charge on any atom is -0.496 e. The van der Waals surface area contributed by atoms with Crippen molar-refractivity contribution in [2.24, 2.45) is 0 Å². The Balaban J connectivity index is 2.35. The van der Waals surface area contributed by atoms with Gasteiger partial charge < -0.3 is 4.74 Å². The molecule has 20 heavy (non-hydrogen) atoms. The van der Waals surface area contributed by atoms with Crippen molar-refractivity contribution in [2.75, 3.05) is 7.11 Å². The van der Waals surface area contributed by atoms with Gasteiger partial charge in [-0.1, -0.05) is 24.3 Å². The highest BCUT2D eigenvalue weighted by Gasteiger charge is 2.14. The smallest absolute Gasteiger partial charge is 0.279 e. The van der Waals surface area contributed by atoms with Crippen LogP contribution in [0.2, 0.25) is 0 Å². The molecule has 102 valence electrons. The highest BCUT2D eigenvalue weighted by molar-refractivity contribution is 5.81. The molecule has 0 amide bonds. The minimum absolute atomic E-state index is 0.0856. The number of hydrogen-bond acceptors (Lipinski definition) is 4. The van der Waals surface area contributed by atoms with Gasteiger partial charge in [-0.05, 0) is 23.3 Å². The standard InChI is InChI=1S/C15H13NO4/c1-20-15-5-3-2-4-12(15)8-11-6-7-14(16(18)19)13(9-11)10-17/h2-7,9-10H,8H2,1H3. The number of rotatable bonds is 5. The molecule has 0 radical (unpaired) electrons. The van der Waals surface area contributed by atoms with Crippen LogP contribution in [0.4, 0.5) is 5.69 Å². The van der Waals surface area contributed by atoms with Gasteiger partial charge in [-0.25, -0.2) is 0 Å². The quantitative estimate of drug-likeness (QED) is 0.476. The first-order chi connectivity index (χ1) is 9.65. The van der Waals surface area contributed by atoms with Crippen LogP contribution < -0.4 is 4.74 Å². The van der Waals surface area contributed by atoms with E-state index in [0.717, 1.165) is 16.9 Å². The zero-order valence-electron chi connectivity index (χ0n) is 10.9. The Labute approximate surface area is 116 Å². The third-order valence-electron chi connectivity index (χ3n) is 3.00. The molecule has 2 aromatic rings. The van der Waals surface area contributed by atoms with Gasteiger partial charge in [-0.15, -0.1) is 0 Å². The Hall–Kier alpha value is -2.69. The number of para-hydroxylation sites is 1. The summed E-state index contributed by atoms with van der Waals surface area (Å²) in [6.45, 7) is 0. The van der Waals surface area contributed by atoms with E-state index in [9.17, 15) is 14.9 Å². The van der Waals surface area contributed by atoms with E-state index >= 15 is 0 Å². The summed E-state index contributed by atoms with van der Waals surface area (Å²) in [4.78, 5) is 21.1. The second-order valence-corrected chi connectivity index (χ2v) is 4.26. The molecule has 0 aliphatic rings. The molecule has 0 N–H and O–H groups in total. The maximum Gasteiger partial charge on any atom is 0.279 e. The van der Waals surface area contributed by atoms with Gasteiger partial charge in [0, 0.05) is 12.5 Å². The second-order valence-electron chi connectivity index (χ2n) is 4.26. The van der Waals surface area contributed by atoms with E-state index in [1.54, 1.807) is 13.2 Å². The number of nitro benzene ring substituents is 1. The van der Waals surface area contributed by atoms with Crippen LogP contribution in [-0.4, -0.2) is 18.3 Å². The number of methoxy groups -OCH3 is 1. The van der Waals surface area contributed by atoms with Crippen molar-refractivity contribution in [3.8, 4) is 5.75 Å². The summed E-state index contributed by atoms with van der Waals surface area (Å²) >= 11 is 0. The van der Waals surface area contributed by atoms with Gasteiger partial charge in [0.05, 0.1) is 17.6 Å². The number of benzene rings is 2. The summed E-state index contributed by atoms with van der Waals surface area (Å²) in [7, 11) is 1.59. The van der Waals surface area contributed by atoms with E-state index in [1.807, 2.05) is 24.3 Å². The Morgan fingerprint density at radius 3 is 2.65 bits per heavy atom. The van der Waals surface area contributed by atoms with E-state index in [-0.39, 0.29) is 11.3 Å². The van der Waals surface area contributed by atoms with Gasteiger partial charge in [-0.3, -0.25) is 14.9 Å². The fourth-order valence-electron chi connectivity index (χ4n) is 2.04. The van der Waals surface area contributed by atoms with Gasteiger partial charge in [0.15, 0.2) is 6.29 Å². The van der Waals surface area contributed by atoms with E-state index in [2.05, 4.69) is 0 Å². The molecule has 0 atom stereocenters. The number of ether oxygens (including phenoxy) is 1. The molecule has 0 aliphatic heterocycles. The highest BCUT2D eigenvalue weighted by Crippen LogP contribution is 2.24. The lowest BCUT2D eigenvalue weighted by Crippen LogP contribution is -1.98. The van der Waals surface area contributed by atoms with E-state index in [4.69, 9.17) is 4.74 Å². The first-order valence-electron chi connectivity index (χ1n) is 6.00. The number of nitrogens with zero attached hydrogens (tertiary/aromatic N) is 1. The molecule has 2 rings (SSSR count). The number of hydrogen-bond donors (Lipinski definition) is 0.